The van der Waals surface area contributed by atoms with Gasteiger partial charge in [-0.1, -0.05) is 12.1 Å². The highest BCUT2D eigenvalue weighted by Crippen LogP contribution is 2.23. The largest absolute Gasteiger partial charge is 0.335 e. The Morgan fingerprint density at radius 3 is 2.67 bits per heavy atom. The zero-order chi connectivity index (χ0) is 16.9. The number of carbonyl (C=O) groups is 1. The topological polar surface area (TPSA) is 70.2 Å². The zero-order valence-electron chi connectivity index (χ0n) is 13.8. The van der Waals surface area contributed by atoms with Crippen LogP contribution >= 0.6 is 23.3 Å². The van der Waals surface area contributed by atoms with Gasteiger partial charge in [0.1, 0.15) is 0 Å². The summed E-state index contributed by atoms with van der Waals surface area (Å²) in [4.78, 5) is 20.0. The van der Waals surface area contributed by atoms with Crippen molar-refractivity contribution in [3.05, 3.63) is 24.3 Å². The molecule has 1 saturated heterocycles. The SMILES string of the molecule is CSc1ccc(-c2nsc(NC(=O)NC3CCN(C)CC3)n2)cc1. The highest BCUT2D eigenvalue weighted by atomic mass is 32.2. The molecule has 0 unspecified atom stereocenters. The second-order valence-electron chi connectivity index (χ2n) is 5.83. The van der Waals surface area contributed by atoms with E-state index in [1.807, 2.05) is 30.5 Å². The van der Waals surface area contributed by atoms with Crippen molar-refractivity contribution in [3.8, 4) is 11.4 Å². The number of benzene rings is 1. The van der Waals surface area contributed by atoms with Crippen molar-refractivity contribution < 1.29 is 4.79 Å². The van der Waals surface area contributed by atoms with Crippen LogP contribution in [0.2, 0.25) is 0 Å². The molecule has 1 aromatic carbocycles. The van der Waals surface area contributed by atoms with Gasteiger partial charge in [0.15, 0.2) is 5.82 Å². The van der Waals surface area contributed by atoms with E-state index in [2.05, 4.69) is 31.9 Å². The molecule has 0 bridgehead atoms. The molecular formula is C16H21N5OS2. The maximum atomic E-state index is 12.1. The predicted octanol–water partition coefficient (Wildman–Crippen LogP) is 3.14. The number of hydrogen-bond donors (Lipinski definition) is 2. The summed E-state index contributed by atoms with van der Waals surface area (Å²) < 4.78 is 4.33. The Hall–Kier alpha value is -1.64. The fraction of sp³-hybridized carbons (Fsp3) is 0.438. The van der Waals surface area contributed by atoms with Crippen molar-refractivity contribution in [2.45, 2.75) is 23.8 Å². The van der Waals surface area contributed by atoms with Gasteiger partial charge < -0.3 is 10.2 Å². The molecule has 128 valence electrons. The number of urea groups is 1. The van der Waals surface area contributed by atoms with Gasteiger partial charge in [0.25, 0.3) is 0 Å². The molecule has 3 rings (SSSR count). The van der Waals surface area contributed by atoms with Crippen molar-refractivity contribution >= 4 is 34.5 Å². The van der Waals surface area contributed by atoms with E-state index in [1.165, 1.54) is 16.4 Å². The first-order valence-electron chi connectivity index (χ1n) is 7.88. The van der Waals surface area contributed by atoms with E-state index in [0.29, 0.717) is 11.0 Å². The second-order valence-corrected chi connectivity index (χ2v) is 7.46. The summed E-state index contributed by atoms with van der Waals surface area (Å²) in [5.74, 6) is 0.641. The van der Waals surface area contributed by atoms with E-state index in [9.17, 15) is 4.79 Å². The third-order valence-corrected chi connectivity index (χ3v) is 5.42. The van der Waals surface area contributed by atoms with E-state index in [-0.39, 0.29) is 12.1 Å². The summed E-state index contributed by atoms with van der Waals surface area (Å²) in [6.07, 6.45) is 4.00. The fourth-order valence-electron chi connectivity index (χ4n) is 2.60. The minimum atomic E-state index is -0.204. The average molecular weight is 364 g/mol. The summed E-state index contributed by atoms with van der Waals surface area (Å²) in [5, 5.41) is 6.32. The standard InChI is InChI=1S/C16H21N5OS2/c1-21-9-7-12(8-10-21)17-15(22)19-16-18-14(20-24-16)11-3-5-13(23-2)6-4-11/h3-6,12H,7-10H2,1-2H3,(H2,17,18,19,20,22). The van der Waals surface area contributed by atoms with E-state index < -0.39 is 0 Å². The van der Waals surface area contributed by atoms with Crippen LogP contribution in [0.25, 0.3) is 11.4 Å². The maximum Gasteiger partial charge on any atom is 0.321 e. The molecule has 2 aromatic rings. The maximum absolute atomic E-state index is 12.1. The molecule has 8 heteroatoms. The zero-order valence-corrected chi connectivity index (χ0v) is 15.4. The molecular weight excluding hydrogens is 342 g/mol. The Morgan fingerprint density at radius 1 is 1.29 bits per heavy atom. The number of likely N-dealkylation sites (tertiary alicyclic amines) is 1. The molecule has 0 aliphatic carbocycles. The van der Waals surface area contributed by atoms with Gasteiger partial charge in [0, 0.05) is 28.0 Å². The van der Waals surface area contributed by atoms with E-state index in [1.54, 1.807) is 11.8 Å². The van der Waals surface area contributed by atoms with Gasteiger partial charge in [-0.2, -0.15) is 9.36 Å². The highest BCUT2D eigenvalue weighted by molar-refractivity contribution is 7.98. The van der Waals surface area contributed by atoms with Gasteiger partial charge in [-0.25, -0.2) is 4.79 Å². The summed E-state index contributed by atoms with van der Waals surface area (Å²) in [6.45, 7) is 2.03. The van der Waals surface area contributed by atoms with Crippen LogP contribution in [-0.4, -0.2) is 52.7 Å². The predicted molar refractivity (Wildman–Crippen MR) is 99.8 cm³/mol. The van der Waals surface area contributed by atoms with Crippen LogP contribution < -0.4 is 10.6 Å². The number of amides is 2. The highest BCUT2D eigenvalue weighted by Gasteiger charge is 2.19. The molecule has 2 amide bonds. The third kappa shape index (κ3) is 4.46. The Balaban J connectivity index is 1.56. The Bertz CT molecular complexity index is 680. The third-order valence-electron chi connectivity index (χ3n) is 4.05. The number of carbonyl (C=O) groups excluding carboxylic acids is 1. The van der Waals surface area contributed by atoms with Gasteiger partial charge in [-0.3, -0.25) is 5.32 Å². The first kappa shape index (κ1) is 17.2. The number of rotatable bonds is 4. The van der Waals surface area contributed by atoms with Crippen LogP contribution in [0.4, 0.5) is 9.93 Å². The van der Waals surface area contributed by atoms with Gasteiger partial charge >= 0.3 is 6.03 Å². The summed E-state index contributed by atoms with van der Waals surface area (Å²) >= 11 is 2.89. The molecule has 6 nitrogen and oxygen atoms in total. The lowest BCUT2D eigenvalue weighted by Crippen LogP contribution is -2.44. The summed E-state index contributed by atoms with van der Waals surface area (Å²) in [6, 6.07) is 8.10. The second kappa shape index (κ2) is 7.96. The van der Waals surface area contributed by atoms with Crippen molar-refractivity contribution in [1.82, 2.24) is 19.6 Å². The molecule has 24 heavy (non-hydrogen) atoms. The molecule has 0 radical (unpaired) electrons. The van der Waals surface area contributed by atoms with Crippen molar-refractivity contribution in [3.63, 3.8) is 0 Å². The lowest BCUT2D eigenvalue weighted by atomic mass is 10.1. The quantitative estimate of drug-likeness (QED) is 0.817. The van der Waals surface area contributed by atoms with E-state index >= 15 is 0 Å². The Kier molecular flexibility index (Phi) is 5.70. The fourth-order valence-corrected chi connectivity index (χ4v) is 3.60. The van der Waals surface area contributed by atoms with Crippen molar-refractivity contribution in [1.29, 1.82) is 0 Å². The first-order valence-corrected chi connectivity index (χ1v) is 9.88. The van der Waals surface area contributed by atoms with Crippen molar-refractivity contribution in [2.24, 2.45) is 0 Å². The van der Waals surface area contributed by atoms with Crippen LogP contribution in [0.3, 0.4) is 0 Å². The number of nitrogens with one attached hydrogen (secondary N) is 2. The molecule has 1 aliphatic heterocycles. The lowest BCUT2D eigenvalue weighted by molar-refractivity contribution is 0.221. The van der Waals surface area contributed by atoms with Crippen LogP contribution in [-0.2, 0) is 0 Å². The van der Waals surface area contributed by atoms with E-state index in [0.717, 1.165) is 31.5 Å². The Labute approximate surface area is 150 Å². The smallest absolute Gasteiger partial charge is 0.321 e. The first-order chi connectivity index (χ1) is 11.6. The van der Waals surface area contributed by atoms with Gasteiger partial charge in [0.2, 0.25) is 5.13 Å². The average Bonchev–Trinajstić information content (AvgIpc) is 3.05. The van der Waals surface area contributed by atoms with Gasteiger partial charge in [-0.15, -0.1) is 11.8 Å². The summed E-state index contributed by atoms with van der Waals surface area (Å²) in [7, 11) is 2.10. The number of anilines is 1. The Morgan fingerprint density at radius 2 is 2.00 bits per heavy atom. The van der Waals surface area contributed by atoms with Crippen LogP contribution in [0, 0.1) is 0 Å². The molecule has 0 saturated carbocycles. The molecule has 2 heterocycles. The normalized spacial score (nSPS) is 16.1. The molecule has 1 fully saturated rings. The summed E-state index contributed by atoms with van der Waals surface area (Å²) in [5.41, 5.74) is 0.952. The lowest BCUT2D eigenvalue weighted by Gasteiger charge is -2.29. The minimum absolute atomic E-state index is 0.204. The molecule has 2 N–H and O–H groups in total. The molecule has 1 aromatic heterocycles. The van der Waals surface area contributed by atoms with Crippen LogP contribution in [0.1, 0.15) is 12.8 Å². The van der Waals surface area contributed by atoms with Gasteiger partial charge in [0.05, 0.1) is 0 Å². The minimum Gasteiger partial charge on any atom is -0.335 e. The monoisotopic (exact) mass is 363 g/mol. The number of nitrogens with zero attached hydrogens (tertiary/aromatic N) is 3. The number of piperidine rings is 1. The molecule has 1 aliphatic rings. The number of thioether (sulfide) groups is 1. The number of aromatic nitrogens is 2. The van der Waals surface area contributed by atoms with Gasteiger partial charge in [-0.05, 0) is 51.4 Å². The number of hydrogen-bond acceptors (Lipinski definition) is 6. The molecule has 0 spiro atoms. The van der Waals surface area contributed by atoms with Crippen molar-refractivity contribution in [2.75, 3.05) is 31.7 Å². The van der Waals surface area contributed by atoms with E-state index in [4.69, 9.17) is 0 Å². The molecule has 0 atom stereocenters. The van der Waals surface area contributed by atoms with Crippen LogP contribution in [0.15, 0.2) is 29.2 Å². The van der Waals surface area contributed by atoms with Crippen LogP contribution in [0.5, 0.6) is 0 Å².